The highest BCUT2D eigenvalue weighted by atomic mass is 19.1. The number of nitrogens with two attached hydrogens (primary N) is 1. The van der Waals surface area contributed by atoms with Crippen LogP contribution in [0.2, 0.25) is 0 Å². The van der Waals surface area contributed by atoms with Crippen molar-refractivity contribution in [1.29, 1.82) is 0 Å². The van der Waals surface area contributed by atoms with Gasteiger partial charge in [0, 0.05) is 23.6 Å². The van der Waals surface area contributed by atoms with Crippen molar-refractivity contribution in [2.45, 2.75) is 18.3 Å². The Bertz CT molecular complexity index is 402. The standard InChI is InChI=1S/C12H16FNO2/c1-15-10-6-9(13)11(16-2)5-8(10)12(7-14)3-4-12/h5-6H,3-4,7,14H2,1-2H3. The van der Waals surface area contributed by atoms with E-state index < -0.39 is 5.82 Å². The number of benzene rings is 1. The fourth-order valence-corrected chi connectivity index (χ4v) is 2.01. The quantitative estimate of drug-likeness (QED) is 0.850. The van der Waals surface area contributed by atoms with Gasteiger partial charge < -0.3 is 15.2 Å². The van der Waals surface area contributed by atoms with Crippen LogP contribution in [0.1, 0.15) is 18.4 Å². The summed E-state index contributed by atoms with van der Waals surface area (Å²) >= 11 is 0. The third kappa shape index (κ3) is 1.63. The average Bonchev–Trinajstić information content (AvgIpc) is 3.09. The molecule has 1 aromatic carbocycles. The molecule has 0 radical (unpaired) electrons. The molecule has 3 nitrogen and oxygen atoms in total. The van der Waals surface area contributed by atoms with Gasteiger partial charge in [0.25, 0.3) is 0 Å². The lowest BCUT2D eigenvalue weighted by Gasteiger charge is -2.18. The Morgan fingerprint density at radius 3 is 2.31 bits per heavy atom. The van der Waals surface area contributed by atoms with E-state index in [1.807, 2.05) is 0 Å². The largest absolute Gasteiger partial charge is 0.496 e. The van der Waals surface area contributed by atoms with E-state index in [0.29, 0.717) is 12.3 Å². The van der Waals surface area contributed by atoms with Crippen LogP contribution in [-0.2, 0) is 5.41 Å². The average molecular weight is 225 g/mol. The lowest BCUT2D eigenvalue weighted by atomic mass is 9.94. The molecule has 0 spiro atoms. The summed E-state index contributed by atoms with van der Waals surface area (Å²) < 4.78 is 23.7. The summed E-state index contributed by atoms with van der Waals surface area (Å²) in [5.74, 6) is 0.396. The van der Waals surface area contributed by atoms with Crippen molar-refractivity contribution in [3.63, 3.8) is 0 Å². The predicted molar refractivity (Wildman–Crippen MR) is 59.5 cm³/mol. The zero-order valence-electron chi connectivity index (χ0n) is 9.55. The molecule has 0 saturated heterocycles. The van der Waals surface area contributed by atoms with Crippen molar-refractivity contribution < 1.29 is 13.9 Å². The zero-order valence-corrected chi connectivity index (χ0v) is 9.55. The molecule has 0 aromatic heterocycles. The monoisotopic (exact) mass is 225 g/mol. The number of ether oxygens (including phenoxy) is 2. The fraction of sp³-hybridized carbons (Fsp3) is 0.500. The summed E-state index contributed by atoms with van der Waals surface area (Å²) in [5.41, 5.74) is 6.68. The van der Waals surface area contributed by atoms with Crippen LogP contribution in [0.15, 0.2) is 12.1 Å². The lowest BCUT2D eigenvalue weighted by Crippen LogP contribution is -2.20. The molecule has 1 aliphatic rings. The molecule has 1 aromatic rings. The Morgan fingerprint density at radius 2 is 1.88 bits per heavy atom. The van der Waals surface area contributed by atoms with E-state index in [-0.39, 0.29) is 11.2 Å². The molecule has 0 heterocycles. The molecular formula is C12H16FNO2. The molecule has 1 fully saturated rings. The van der Waals surface area contributed by atoms with Gasteiger partial charge in [-0.1, -0.05) is 0 Å². The predicted octanol–water partition coefficient (Wildman–Crippen LogP) is 1.83. The molecular weight excluding hydrogens is 209 g/mol. The van der Waals surface area contributed by atoms with Crippen LogP contribution in [0.5, 0.6) is 11.5 Å². The van der Waals surface area contributed by atoms with E-state index >= 15 is 0 Å². The first-order valence-corrected chi connectivity index (χ1v) is 5.29. The maximum atomic E-state index is 13.5. The van der Waals surface area contributed by atoms with E-state index in [1.54, 1.807) is 6.07 Å². The minimum atomic E-state index is -0.407. The minimum Gasteiger partial charge on any atom is -0.496 e. The number of hydrogen-bond donors (Lipinski definition) is 1. The minimum absolute atomic E-state index is 0.0354. The normalized spacial score (nSPS) is 17.0. The second kappa shape index (κ2) is 3.94. The Morgan fingerprint density at radius 1 is 1.25 bits per heavy atom. The van der Waals surface area contributed by atoms with Crippen LogP contribution in [0.25, 0.3) is 0 Å². The van der Waals surface area contributed by atoms with Gasteiger partial charge in [0.1, 0.15) is 5.75 Å². The molecule has 0 bridgehead atoms. The van der Waals surface area contributed by atoms with Crippen LogP contribution in [0, 0.1) is 5.82 Å². The van der Waals surface area contributed by atoms with Gasteiger partial charge in [0.05, 0.1) is 14.2 Å². The van der Waals surface area contributed by atoms with Gasteiger partial charge in [-0.25, -0.2) is 4.39 Å². The van der Waals surface area contributed by atoms with Crippen LogP contribution >= 0.6 is 0 Å². The van der Waals surface area contributed by atoms with Crippen molar-refractivity contribution >= 4 is 0 Å². The third-order valence-electron chi connectivity index (χ3n) is 3.29. The van der Waals surface area contributed by atoms with Crippen molar-refractivity contribution in [3.8, 4) is 11.5 Å². The molecule has 4 heteroatoms. The second-order valence-electron chi connectivity index (χ2n) is 4.17. The first-order chi connectivity index (χ1) is 7.66. The first-order valence-electron chi connectivity index (χ1n) is 5.29. The molecule has 2 rings (SSSR count). The SMILES string of the molecule is COc1cc(C2(CN)CC2)c(OC)cc1F. The maximum Gasteiger partial charge on any atom is 0.168 e. The van der Waals surface area contributed by atoms with Crippen molar-refractivity contribution in [2.75, 3.05) is 20.8 Å². The van der Waals surface area contributed by atoms with Crippen LogP contribution < -0.4 is 15.2 Å². The summed E-state index contributed by atoms with van der Waals surface area (Å²) in [6.45, 7) is 0.554. The Hall–Kier alpha value is -1.29. The van der Waals surface area contributed by atoms with E-state index in [0.717, 1.165) is 18.4 Å². The third-order valence-corrected chi connectivity index (χ3v) is 3.29. The first kappa shape index (κ1) is 11.2. The van der Waals surface area contributed by atoms with Gasteiger partial charge in [-0.05, 0) is 18.9 Å². The van der Waals surface area contributed by atoms with Crippen molar-refractivity contribution in [1.82, 2.24) is 0 Å². The lowest BCUT2D eigenvalue weighted by molar-refractivity contribution is 0.371. The summed E-state index contributed by atoms with van der Waals surface area (Å²) in [5, 5.41) is 0. The van der Waals surface area contributed by atoms with E-state index in [9.17, 15) is 4.39 Å². The van der Waals surface area contributed by atoms with Crippen LogP contribution in [-0.4, -0.2) is 20.8 Å². The highest BCUT2D eigenvalue weighted by Gasteiger charge is 2.45. The van der Waals surface area contributed by atoms with E-state index in [4.69, 9.17) is 15.2 Å². The van der Waals surface area contributed by atoms with Gasteiger partial charge in [0.2, 0.25) is 0 Å². The molecule has 0 amide bonds. The topological polar surface area (TPSA) is 44.5 Å². The second-order valence-corrected chi connectivity index (χ2v) is 4.17. The van der Waals surface area contributed by atoms with Crippen LogP contribution in [0.3, 0.4) is 0 Å². The molecule has 1 saturated carbocycles. The van der Waals surface area contributed by atoms with Gasteiger partial charge in [-0.3, -0.25) is 0 Å². The molecule has 0 aliphatic heterocycles. The Balaban J connectivity index is 2.50. The molecule has 1 aliphatic carbocycles. The molecule has 2 N–H and O–H groups in total. The van der Waals surface area contributed by atoms with Gasteiger partial charge >= 0.3 is 0 Å². The van der Waals surface area contributed by atoms with E-state index in [1.165, 1.54) is 20.3 Å². The molecule has 16 heavy (non-hydrogen) atoms. The zero-order chi connectivity index (χ0) is 11.8. The molecule has 0 unspecified atom stereocenters. The van der Waals surface area contributed by atoms with Gasteiger partial charge in [0.15, 0.2) is 11.6 Å². The Kier molecular flexibility index (Phi) is 2.76. The van der Waals surface area contributed by atoms with Crippen molar-refractivity contribution in [2.24, 2.45) is 5.73 Å². The van der Waals surface area contributed by atoms with E-state index in [2.05, 4.69) is 0 Å². The highest BCUT2D eigenvalue weighted by Crippen LogP contribution is 2.51. The molecule has 88 valence electrons. The summed E-state index contributed by atoms with van der Waals surface area (Å²) in [6.07, 6.45) is 2.04. The number of halogens is 1. The van der Waals surface area contributed by atoms with Crippen LogP contribution in [0.4, 0.5) is 4.39 Å². The fourth-order valence-electron chi connectivity index (χ4n) is 2.01. The smallest absolute Gasteiger partial charge is 0.168 e. The number of hydrogen-bond acceptors (Lipinski definition) is 3. The van der Waals surface area contributed by atoms with Gasteiger partial charge in [-0.2, -0.15) is 0 Å². The molecule has 0 atom stereocenters. The van der Waals surface area contributed by atoms with Crippen molar-refractivity contribution in [3.05, 3.63) is 23.5 Å². The summed E-state index contributed by atoms with van der Waals surface area (Å²) in [6, 6.07) is 3.07. The number of rotatable bonds is 4. The Labute approximate surface area is 94.3 Å². The van der Waals surface area contributed by atoms with Gasteiger partial charge in [-0.15, -0.1) is 0 Å². The highest BCUT2D eigenvalue weighted by molar-refractivity contribution is 5.48. The summed E-state index contributed by atoms with van der Waals surface area (Å²) in [4.78, 5) is 0. The number of methoxy groups -OCH3 is 2. The summed E-state index contributed by atoms with van der Waals surface area (Å²) in [7, 11) is 2.99. The maximum absolute atomic E-state index is 13.5.